The second-order valence-corrected chi connectivity index (χ2v) is 9.07. The molecule has 0 spiro atoms. The van der Waals surface area contributed by atoms with E-state index in [-0.39, 0.29) is 12.5 Å². The summed E-state index contributed by atoms with van der Waals surface area (Å²) in [6, 6.07) is 21.6. The van der Waals surface area contributed by atoms with Crippen LogP contribution in [-0.4, -0.2) is 35.7 Å². The van der Waals surface area contributed by atoms with Crippen molar-refractivity contribution >= 4 is 23.7 Å². The molecule has 7 nitrogen and oxygen atoms in total. The predicted molar refractivity (Wildman–Crippen MR) is 131 cm³/mol. The molecule has 0 bridgehead atoms. The van der Waals surface area contributed by atoms with E-state index in [0.29, 0.717) is 23.6 Å². The summed E-state index contributed by atoms with van der Waals surface area (Å²) in [5, 5.41) is 14.6. The molecule has 35 heavy (non-hydrogen) atoms. The van der Waals surface area contributed by atoms with Crippen LogP contribution in [-0.2, 0) is 9.53 Å². The van der Waals surface area contributed by atoms with Crippen molar-refractivity contribution in [1.29, 1.82) is 0 Å². The lowest BCUT2D eigenvalue weighted by Gasteiger charge is -2.15. The van der Waals surface area contributed by atoms with Gasteiger partial charge in [0, 0.05) is 17.2 Å². The zero-order valence-electron chi connectivity index (χ0n) is 19.1. The van der Waals surface area contributed by atoms with Crippen LogP contribution in [0.1, 0.15) is 46.7 Å². The number of hydrogen-bond acceptors (Lipinski definition) is 4. The first kappa shape index (κ1) is 22.7. The average molecular weight is 471 g/mol. The van der Waals surface area contributed by atoms with Gasteiger partial charge in [0.1, 0.15) is 12.6 Å². The highest BCUT2D eigenvalue weighted by atomic mass is 16.5. The molecule has 0 aromatic heterocycles. The molecule has 5 rings (SSSR count). The van der Waals surface area contributed by atoms with E-state index in [4.69, 9.17) is 4.74 Å². The minimum Gasteiger partial charge on any atom is -0.480 e. The lowest BCUT2D eigenvalue weighted by atomic mass is 9.98. The van der Waals surface area contributed by atoms with Gasteiger partial charge in [0.05, 0.1) is 0 Å². The second kappa shape index (κ2) is 9.62. The topological polar surface area (TPSA) is 105 Å². The van der Waals surface area contributed by atoms with E-state index in [0.717, 1.165) is 35.1 Å². The smallest absolute Gasteiger partial charge is 0.411 e. The van der Waals surface area contributed by atoms with Crippen LogP contribution in [0.3, 0.4) is 0 Å². The van der Waals surface area contributed by atoms with Crippen molar-refractivity contribution < 1.29 is 24.2 Å². The molecular weight excluding hydrogens is 444 g/mol. The van der Waals surface area contributed by atoms with E-state index >= 15 is 0 Å². The molecule has 2 amide bonds. The van der Waals surface area contributed by atoms with Crippen LogP contribution in [0.4, 0.5) is 10.5 Å². The standard InChI is InChI=1S/C28H26N2O5/c31-26(30-25(27(32)33)15-17-9-10-17)18-11-13-19(14-12-18)29-28(34)35-16-24-22-7-3-1-5-20(22)21-6-2-4-8-23(21)24/h1-8,11-14,17,24-25H,9-10,15-16H2,(H,29,34)(H,30,31)(H,32,33). The maximum Gasteiger partial charge on any atom is 0.411 e. The van der Waals surface area contributed by atoms with Crippen molar-refractivity contribution in [3.63, 3.8) is 0 Å². The van der Waals surface area contributed by atoms with E-state index in [9.17, 15) is 19.5 Å². The third-order valence-electron chi connectivity index (χ3n) is 6.61. The number of benzene rings is 3. The Hall–Kier alpha value is -4.13. The molecule has 0 saturated heterocycles. The highest BCUT2D eigenvalue weighted by Crippen LogP contribution is 2.44. The van der Waals surface area contributed by atoms with E-state index < -0.39 is 24.0 Å². The number of nitrogens with one attached hydrogen (secondary N) is 2. The van der Waals surface area contributed by atoms with Gasteiger partial charge in [-0.25, -0.2) is 9.59 Å². The SMILES string of the molecule is O=C(Nc1ccc(C(=O)NC(CC2CC2)C(=O)O)cc1)OCC1c2ccccc2-c2ccccc21. The number of carbonyl (C=O) groups excluding carboxylic acids is 2. The predicted octanol–water partition coefficient (Wildman–Crippen LogP) is 5.03. The molecule has 1 unspecified atom stereocenters. The van der Waals surface area contributed by atoms with Crippen LogP contribution < -0.4 is 10.6 Å². The number of carboxylic acids is 1. The molecule has 0 aliphatic heterocycles. The van der Waals surface area contributed by atoms with Crippen molar-refractivity contribution in [3.05, 3.63) is 89.5 Å². The molecular formula is C28H26N2O5. The summed E-state index contributed by atoms with van der Waals surface area (Å²) < 4.78 is 5.55. The quantitative estimate of drug-likeness (QED) is 0.428. The van der Waals surface area contributed by atoms with Crippen molar-refractivity contribution in [2.24, 2.45) is 5.92 Å². The molecule has 178 valence electrons. The zero-order chi connectivity index (χ0) is 24.4. The fourth-order valence-electron chi connectivity index (χ4n) is 4.61. The van der Waals surface area contributed by atoms with Gasteiger partial charge in [-0.3, -0.25) is 10.1 Å². The van der Waals surface area contributed by atoms with Gasteiger partial charge >= 0.3 is 12.1 Å². The Morgan fingerprint density at radius 2 is 1.49 bits per heavy atom. The largest absolute Gasteiger partial charge is 0.480 e. The molecule has 3 N–H and O–H groups in total. The van der Waals surface area contributed by atoms with Crippen LogP contribution in [0.25, 0.3) is 11.1 Å². The van der Waals surface area contributed by atoms with E-state index in [1.54, 1.807) is 24.3 Å². The van der Waals surface area contributed by atoms with E-state index in [2.05, 4.69) is 34.9 Å². The molecule has 3 aromatic rings. The average Bonchev–Trinajstić information content (AvgIpc) is 3.63. The number of fused-ring (bicyclic) bond motifs is 3. The minimum atomic E-state index is -1.03. The molecule has 0 heterocycles. The number of ether oxygens (including phenoxy) is 1. The lowest BCUT2D eigenvalue weighted by Crippen LogP contribution is -2.41. The Labute approximate surface area is 203 Å². The van der Waals surface area contributed by atoms with Gasteiger partial charge in [0.15, 0.2) is 0 Å². The van der Waals surface area contributed by atoms with Crippen LogP contribution in [0.2, 0.25) is 0 Å². The fourth-order valence-corrected chi connectivity index (χ4v) is 4.61. The van der Waals surface area contributed by atoms with Crippen LogP contribution in [0, 0.1) is 5.92 Å². The molecule has 3 aromatic carbocycles. The summed E-state index contributed by atoms with van der Waals surface area (Å²) >= 11 is 0. The Morgan fingerprint density at radius 3 is 2.06 bits per heavy atom. The number of carboxylic acid groups (broad SMARTS) is 1. The van der Waals surface area contributed by atoms with Gasteiger partial charge in [0.25, 0.3) is 5.91 Å². The number of carbonyl (C=O) groups is 3. The van der Waals surface area contributed by atoms with Gasteiger partial charge in [-0.2, -0.15) is 0 Å². The highest BCUT2D eigenvalue weighted by molar-refractivity contribution is 5.97. The highest BCUT2D eigenvalue weighted by Gasteiger charge is 2.31. The summed E-state index contributed by atoms with van der Waals surface area (Å²) in [6.07, 6.45) is 1.88. The molecule has 1 saturated carbocycles. The molecule has 2 aliphatic rings. The fraction of sp³-hybridized carbons (Fsp3) is 0.250. The third-order valence-corrected chi connectivity index (χ3v) is 6.61. The van der Waals surface area contributed by atoms with Gasteiger partial charge < -0.3 is 15.2 Å². The number of anilines is 1. The Morgan fingerprint density at radius 1 is 0.886 bits per heavy atom. The zero-order valence-corrected chi connectivity index (χ0v) is 19.1. The summed E-state index contributed by atoms with van der Waals surface area (Å²) in [6.45, 7) is 0.206. The van der Waals surface area contributed by atoms with Crippen molar-refractivity contribution in [2.45, 2.75) is 31.2 Å². The number of aliphatic carboxylic acids is 1. The number of rotatable bonds is 8. The van der Waals surface area contributed by atoms with Crippen molar-refractivity contribution in [1.82, 2.24) is 5.32 Å². The summed E-state index contributed by atoms with van der Waals surface area (Å²) in [4.78, 5) is 36.3. The first-order chi connectivity index (χ1) is 17.0. The van der Waals surface area contributed by atoms with Crippen LogP contribution >= 0.6 is 0 Å². The molecule has 2 aliphatic carbocycles. The Balaban J connectivity index is 1.17. The first-order valence-corrected chi connectivity index (χ1v) is 11.8. The second-order valence-electron chi connectivity index (χ2n) is 9.07. The maximum atomic E-state index is 12.5. The molecule has 1 fully saturated rings. The first-order valence-electron chi connectivity index (χ1n) is 11.8. The van der Waals surface area contributed by atoms with Crippen molar-refractivity contribution in [3.8, 4) is 11.1 Å². The van der Waals surface area contributed by atoms with Crippen LogP contribution in [0.15, 0.2) is 72.8 Å². The van der Waals surface area contributed by atoms with Gasteiger partial charge in [0.2, 0.25) is 0 Å². The van der Waals surface area contributed by atoms with Gasteiger partial charge in [-0.05, 0) is 58.9 Å². The lowest BCUT2D eigenvalue weighted by molar-refractivity contribution is -0.139. The van der Waals surface area contributed by atoms with Crippen LogP contribution in [0.5, 0.6) is 0 Å². The number of amides is 2. The van der Waals surface area contributed by atoms with E-state index in [1.807, 2.05) is 24.3 Å². The van der Waals surface area contributed by atoms with Crippen molar-refractivity contribution in [2.75, 3.05) is 11.9 Å². The molecule has 7 heteroatoms. The van der Waals surface area contributed by atoms with Gasteiger partial charge in [-0.15, -0.1) is 0 Å². The summed E-state index contributed by atoms with van der Waals surface area (Å²) in [5.41, 5.74) is 5.40. The molecule has 0 radical (unpaired) electrons. The summed E-state index contributed by atoms with van der Waals surface area (Å²) in [5.74, 6) is -1.14. The summed E-state index contributed by atoms with van der Waals surface area (Å²) in [7, 11) is 0. The van der Waals surface area contributed by atoms with E-state index in [1.165, 1.54) is 0 Å². The Kier molecular flexibility index (Phi) is 6.23. The Bertz CT molecular complexity index is 1220. The normalized spacial score (nSPS) is 15.0. The third kappa shape index (κ3) is 5.04. The molecule has 1 atom stereocenters. The maximum absolute atomic E-state index is 12.5. The monoisotopic (exact) mass is 470 g/mol. The minimum absolute atomic E-state index is 0.0305. The van der Waals surface area contributed by atoms with Gasteiger partial charge in [-0.1, -0.05) is 61.4 Å². The number of hydrogen-bond donors (Lipinski definition) is 3.